The molecule has 1 heterocycles. The molecule has 0 atom stereocenters. The molecule has 0 fully saturated rings. The number of unbranched alkanes of at least 4 members (excludes halogenated alkanes) is 14. The van der Waals surface area contributed by atoms with Gasteiger partial charge in [0.25, 0.3) is 0 Å². The van der Waals surface area contributed by atoms with Crippen molar-refractivity contribution in [3.63, 3.8) is 0 Å². The van der Waals surface area contributed by atoms with Crippen LogP contribution in [0.25, 0.3) is 17.5 Å². The van der Waals surface area contributed by atoms with Crippen LogP contribution in [0.1, 0.15) is 129 Å². The van der Waals surface area contributed by atoms with Gasteiger partial charge in [0.15, 0.2) is 5.82 Å². The van der Waals surface area contributed by atoms with E-state index in [0.717, 1.165) is 113 Å². The van der Waals surface area contributed by atoms with Gasteiger partial charge < -0.3 is 28.7 Å². The predicted octanol–water partition coefficient (Wildman–Crippen LogP) is 15.9. The van der Waals surface area contributed by atoms with E-state index >= 15 is 0 Å². The first-order valence-corrected chi connectivity index (χ1v) is 26.8. The molecule has 15 nitrogen and oxygen atoms in total. The minimum atomic E-state index is -0.323. The van der Waals surface area contributed by atoms with Gasteiger partial charge in [-0.15, -0.1) is 0 Å². The summed E-state index contributed by atoms with van der Waals surface area (Å²) in [5, 5.41) is 17.0. The zero-order valence-electron chi connectivity index (χ0n) is 44.9. The molecule has 0 N–H and O–H groups in total. The Morgan fingerprint density at radius 2 is 0.776 bits per heavy atom. The van der Waals surface area contributed by atoms with Crippen molar-refractivity contribution in [3.05, 3.63) is 145 Å². The lowest BCUT2D eigenvalue weighted by Gasteiger charge is -2.22. The third-order valence-electron chi connectivity index (χ3n) is 12.9. The number of esters is 2. The summed E-state index contributed by atoms with van der Waals surface area (Å²) in [6.45, 7) is 6.43. The first kappa shape index (κ1) is 57.5. The summed E-state index contributed by atoms with van der Waals surface area (Å²) in [5.74, 6) is 2.90. The van der Waals surface area contributed by atoms with Gasteiger partial charge in [-0.1, -0.05) is 114 Å². The van der Waals surface area contributed by atoms with Crippen molar-refractivity contribution < 1.29 is 28.5 Å². The van der Waals surface area contributed by atoms with E-state index in [1.54, 1.807) is 62.8 Å². The van der Waals surface area contributed by atoms with Crippen LogP contribution in [0, 0.1) is 0 Å². The van der Waals surface area contributed by atoms with Crippen molar-refractivity contribution in [2.24, 2.45) is 20.5 Å². The van der Waals surface area contributed by atoms with Crippen LogP contribution in [-0.2, 0) is 9.47 Å². The van der Waals surface area contributed by atoms with E-state index in [1.807, 2.05) is 78.9 Å². The first-order chi connectivity index (χ1) is 37.2. The van der Waals surface area contributed by atoms with E-state index in [2.05, 4.69) is 50.9 Å². The number of methoxy groups -OCH3 is 2. The van der Waals surface area contributed by atoms with Gasteiger partial charge >= 0.3 is 11.9 Å². The topological polar surface area (TPSA) is 166 Å². The molecule has 0 saturated heterocycles. The number of carbonyl (C=O) groups excluding carboxylic acids is 2. The predicted molar refractivity (Wildman–Crippen MR) is 304 cm³/mol. The number of anilines is 2. The van der Waals surface area contributed by atoms with E-state index in [4.69, 9.17) is 33.9 Å². The molecular weight excluding hydrogens is 955 g/mol. The van der Waals surface area contributed by atoms with Crippen LogP contribution in [0.5, 0.6) is 11.5 Å². The summed E-state index contributed by atoms with van der Waals surface area (Å²) in [6, 6.07) is 36.7. The third kappa shape index (κ3) is 20.1. The molecule has 0 unspecified atom stereocenters. The molecule has 0 aliphatic heterocycles. The average Bonchev–Trinajstić information content (AvgIpc) is 3.47. The lowest BCUT2D eigenvalue weighted by atomic mass is 10.1. The minimum absolute atomic E-state index is 0.323. The summed E-state index contributed by atoms with van der Waals surface area (Å²) < 4.78 is 21.4. The summed E-state index contributed by atoms with van der Waals surface area (Å²) in [4.78, 5) is 44.3. The van der Waals surface area contributed by atoms with Crippen LogP contribution in [0.15, 0.2) is 148 Å². The molecule has 15 heteroatoms. The largest absolute Gasteiger partial charge is 0.497 e. The highest BCUT2D eigenvalue weighted by molar-refractivity contribution is 5.90. The van der Waals surface area contributed by atoms with E-state index in [1.165, 1.54) is 25.7 Å². The highest BCUT2D eigenvalue weighted by Crippen LogP contribution is 2.26. The van der Waals surface area contributed by atoms with Crippen molar-refractivity contribution >= 4 is 52.7 Å². The Bertz CT molecular complexity index is 2560. The van der Waals surface area contributed by atoms with Gasteiger partial charge in [0.1, 0.15) is 11.5 Å². The van der Waals surface area contributed by atoms with Crippen molar-refractivity contribution in [2.75, 3.05) is 64.4 Å². The summed E-state index contributed by atoms with van der Waals surface area (Å²) in [6.07, 6.45) is 19.2. The first-order valence-electron chi connectivity index (χ1n) is 26.8. The normalized spacial score (nSPS) is 11.2. The van der Waals surface area contributed by atoms with E-state index in [9.17, 15) is 9.59 Å². The zero-order valence-corrected chi connectivity index (χ0v) is 44.9. The van der Waals surface area contributed by atoms with Crippen LogP contribution in [-0.4, -0.2) is 81.5 Å². The number of hydrogen-bond donors (Lipinski definition) is 0. The maximum atomic E-state index is 12.6. The molecule has 0 spiro atoms. The van der Waals surface area contributed by atoms with Gasteiger partial charge in [0, 0.05) is 32.7 Å². The maximum absolute atomic E-state index is 12.6. The van der Waals surface area contributed by atoms with Gasteiger partial charge in [-0.25, -0.2) is 9.59 Å². The van der Waals surface area contributed by atoms with Crippen molar-refractivity contribution in [3.8, 4) is 22.9 Å². The monoisotopic (exact) mass is 1030 g/mol. The Hall–Kier alpha value is -7.81. The molecule has 6 rings (SSSR count). The second kappa shape index (κ2) is 32.5. The Morgan fingerprint density at radius 3 is 1.12 bits per heavy atom. The van der Waals surface area contributed by atoms with Crippen LogP contribution >= 0.6 is 0 Å². The molecule has 0 radical (unpaired) electrons. The molecule has 76 heavy (non-hydrogen) atoms. The Kier molecular flexibility index (Phi) is 24.6. The minimum Gasteiger partial charge on any atom is -0.497 e. The lowest BCUT2D eigenvalue weighted by molar-refractivity contribution is 0.0488. The fourth-order valence-electron chi connectivity index (χ4n) is 8.17. The average molecular weight is 1030 g/mol. The van der Waals surface area contributed by atoms with E-state index < -0.39 is 0 Å². The number of hydrogen-bond acceptors (Lipinski definition) is 15. The number of ether oxygens (including phenoxy) is 4. The molecule has 0 saturated carbocycles. The van der Waals surface area contributed by atoms with Gasteiger partial charge in [-0.3, -0.25) is 0 Å². The van der Waals surface area contributed by atoms with E-state index in [-0.39, 0.29) is 11.9 Å². The molecule has 0 aliphatic carbocycles. The Balaban J connectivity index is 0.811. The van der Waals surface area contributed by atoms with Gasteiger partial charge in [-0.05, 0) is 128 Å². The van der Waals surface area contributed by atoms with Crippen LogP contribution < -0.4 is 19.3 Å². The molecule has 1 aromatic heterocycles. The Morgan fingerprint density at radius 1 is 0.447 bits per heavy atom. The molecule has 0 aliphatic rings. The molecular formula is C61H75N9O6. The number of nitrogens with zero attached hydrogens (tertiary/aromatic N) is 9. The smallest absolute Gasteiger partial charge is 0.338 e. The standard InChI is InChI=1S/C61H75N9O6/c1-6-47-23-25-48(26-24-47)57-62-60(69(2)43-19-15-11-7-9-13-17-21-45-75-58(71)49-27-31-51(32-28-49)65-67-53-35-39-55(73-4)40-36-53)64-61(63-57)70(3)44-20-16-12-8-10-14-18-22-46-76-59(72)50-29-33-52(34-30-50)66-68-54-37-41-56(74-5)42-38-54/h6,23-42H,1,7-22,43-46H2,2-5H3. The third-order valence-corrected chi connectivity index (χ3v) is 12.9. The number of azo groups is 2. The highest BCUT2D eigenvalue weighted by Gasteiger charge is 2.15. The molecule has 400 valence electrons. The number of benzene rings is 5. The molecule has 0 amide bonds. The lowest BCUT2D eigenvalue weighted by Crippen LogP contribution is -2.26. The molecule has 5 aromatic carbocycles. The van der Waals surface area contributed by atoms with Crippen molar-refractivity contribution in [1.82, 2.24) is 15.0 Å². The summed E-state index contributed by atoms with van der Waals surface area (Å²) in [7, 11) is 7.38. The molecule has 6 aromatic rings. The maximum Gasteiger partial charge on any atom is 0.338 e. The second-order valence-corrected chi connectivity index (χ2v) is 18.7. The second-order valence-electron chi connectivity index (χ2n) is 18.7. The summed E-state index contributed by atoms with van der Waals surface area (Å²) in [5.41, 5.74) is 5.74. The number of aromatic nitrogens is 3. The van der Waals surface area contributed by atoms with Crippen LogP contribution in [0.3, 0.4) is 0 Å². The van der Waals surface area contributed by atoms with Crippen LogP contribution in [0.2, 0.25) is 0 Å². The molecule has 0 bridgehead atoms. The quantitative estimate of drug-likeness (QED) is 0.0214. The van der Waals surface area contributed by atoms with Crippen LogP contribution in [0.4, 0.5) is 34.6 Å². The van der Waals surface area contributed by atoms with Gasteiger partial charge in [0.05, 0.1) is 61.3 Å². The Labute approximate surface area is 449 Å². The fourth-order valence-corrected chi connectivity index (χ4v) is 8.17. The zero-order chi connectivity index (χ0) is 53.6. The van der Waals surface area contributed by atoms with Crippen molar-refractivity contribution in [1.29, 1.82) is 0 Å². The number of rotatable bonds is 34. The SMILES string of the molecule is C=Cc1ccc(-c2nc(N(C)CCCCCCCCCCOC(=O)c3ccc(N=Nc4ccc(OC)cc4)cc3)nc(N(C)CCCCCCCCCCOC(=O)c3ccc(N=Nc4ccc(OC)cc4)cc3)n2)cc1. The number of carbonyl (C=O) groups is 2. The van der Waals surface area contributed by atoms with Gasteiger partial charge in [0.2, 0.25) is 11.9 Å². The highest BCUT2D eigenvalue weighted by atomic mass is 16.5. The van der Waals surface area contributed by atoms with Crippen molar-refractivity contribution in [2.45, 2.75) is 103 Å². The fraction of sp³-hybridized carbons (Fsp3) is 0.393. The van der Waals surface area contributed by atoms with Gasteiger partial charge in [-0.2, -0.15) is 35.4 Å². The van der Waals surface area contributed by atoms with E-state index in [0.29, 0.717) is 64.8 Å². The summed E-state index contributed by atoms with van der Waals surface area (Å²) >= 11 is 0.